The number of piperidine rings is 1. The lowest BCUT2D eigenvalue weighted by molar-refractivity contribution is -0.120. The summed E-state index contributed by atoms with van der Waals surface area (Å²) in [6.07, 6.45) is 1.16. The van der Waals surface area contributed by atoms with Crippen LogP contribution < -0.4 is 4.90 Å². The number of carbonyl (C=O) groups excluding carboxylic acids is 1. The zero-order chi connectivity index (χ0) is 11.7. The molecule has 0 N–H and O–H groups in total. The molecule has 1 saturated heterocycles. The first-order chi connectivity index (χ1) is 7.58. The van der Waals surface area contributed by atoms with Gasteiger partial charge in [-0.1, -0.05) is 0 Å². The van der Waals surface area contributed by atoms with Crippen LogP contribution >= 0.6 is 15.9 Å². The van der Waals surface area contributed by atoms with Gasteiger partial charge in [-0.15, -0.1) is 0 Å². The molecule has 2 rings (SSSR count). The zero-order valence-corrected chi connectivity index (χ0v) is 10.6. The molecular formula is C12H13BrFNO. The van der Waals surface area contributed by atoms with E-state index in [0.717, 1.165) is 12.2 Å². The Labute approximate surface area is 103 Å². The van der Waals surface area contributed by atoms with Gasteiger partial charge in [-0.3, -0.25) is 4.79 Å². The van der Waals surface area contributed by atoms with Crippen molar-refractivity contribution in [2.75, 3.05) is 11.4 Å². The van der Waals surface area contributed by atoms with Gasteiger partial charge in [0.25, 0.3) is 0 Å². The fraction of sp³-hybridized carbons (Fsp3) is 0.417. The lowest BCUT2D eigenvalue weighted by Crippen LogP contribution is -2.41. The quantitative estimate of drug-likeness (QED) is 0.790. The molecule has 1 fully saturated rings. The van der Waals surface area contributed by atoms with E-state index in [2.05, 4.69) is 20.8 Å². The Morgan fingerprint density at radius 1 is 1.50 bits per heavy atom. The molecule has 1 aromatic carbocycles. The second-order valence-electron chi connectivity index (χ2n) is 4.13. The number of benzene rings is 1. The summed E-state index contributed by atoms with van der Waals surface area (Å²) >= 11 is 3.18. The molecule has 4 heteroatoms. The van der Waals surface area contributed by atoms with E-state index in [1.54, 1.807) is 12.1 Å². The Kier molecular flexibility index (Phi) is 3.28. The van der Waals surface area contributed by atoms with Crippen molar-refractivity contribution in [1.82, 2.24) is 0 Å². The Morgan fingerprint density at radius 3 is 2.88 bits per heavy atom. The molecule has 0 aliphatic carbocycles. The monoisotopic (exact) mass is 285 g/mol. The highest BCUT2D eigenvalue weighted by molar-refractivity contribution is 9.10. The van der Waals surface area contributed by atoms with Crippen LogP contribution in [0.4, 0.5) is 10.1 Å². The minimum Gasteiger partial charge on any atom is -0.368 e. The first-order valence-electron chi connectivity index (χ1n) is 5.31. The van der Waals surface area contributed by atoms with Gasteiger partial charge in [0.1, 0.15) is 11.6 Å². The van der Waals surface area contributed by atoms with Gasteiger partial charge in [0.15, 0.2) is 0 Å². The molecule has 1 aliphatic heterocycles. The van der Waals surface area contributed by atoms with E-state index in [1.165, 1.54) is 6.07 Å². The smallest absolute Gasteiger partial charge is 0.137 e. The molecule has 1 unspecified atom stereocenters. The van der Waals surface area contributed by atoms with Crippen LogP contribution in [-0.2, 0) is 4.79 Å². The fourth-order valence-electron chi connectivity index (χ4n) is 2.05. The van der Waals surface area contributed by atoms with Gasteiger partial charge in [0.05, 0.1) is 4.47 Å². The van der Waals surface area contributed by atoms with E-state index in [0.29, 0.717) is 23.1 Å². The molecular weight excluding hydrogens is 273 g/mol. The third kappa shape index (κ3) is 2.26. The number of halogens is 2. The van der Waals surface area contributed by atoms with Gasteiger partial charge in [0.2, 0.25) is 0 Å². The molecule has 2 nitrogen and oxygen atoms in total. The molecule has 1 aromatic rings. The largest absolute Gasteiger partial charge is 0.368 e. The van der Waals surface area contributed by atoms with E-state index < -0.39 is 0 Å². The van der Waals surface area contributed by atoms with Crippen molar-refractivity contribution in [3.8, 4) is 0 Å². The van der Waals surface area contributed by atoms with Crippen molar-refractivity contribution in [3.05, 3.63) is 28.5 Å². The molecule has 1 heterocycles. The van der Waals surface area contributed by atoms with Crippen LogP contribution in [0.1, 0.15) is 19.8 Å². The molecule has 86 valence electrons. The number of carbonyl (C=O) groups is 1. The van der Waals surface area contributed by atoms with Crippen LogP contribution in [0.5, 0.6) is 0 Å². The number of hydrogen-bond donors (Lipinski definition) is 0. The maximum Gasteiger partial charge on any atom is 0.137 e. The maximum atomic E-state index is 13.1. The Hall–Kier alpha value is -0.900. The van der Waals surface area contributed by atoms with Gasteiger partial charge in [-0.25, -0.2) is 4.39 Å². The first kappa shape index (κ1) is 11.6. The van der Waals surface area contributed by atoms with Crippen molar-refractivity contribution in [1.29, 1.82) is 0 Å². The van der Waals surface area contributed by atoms with E-state index in [1.807, 2.05) is 6.92 Å². The van der Waals surface area contributed by atoms with E-state index >= 15 is 0 Å². The van der Waals surface area contributed by atoms with Crippen molar-refractivity contribution in [2.45, 2.75) is 25.8 Å². The highest BCUT2D eigenvalue weighted by Crippen LogP contribution is 2.27. The molecule has 0 bridgehead atoms. The lowest BCUT2D eigenvalue weighted by Gasteiger charge is -2.34. The number of ketones is 1. The molecule has 16 heavy (non-hydrogen) atoms. The second kappa shape index (κ2) is 4.53. The zero-order valence-electron chi connectivity index (χ0n) is 9.04. The maximum absolute atomic E-state index is 13.1. The molecule has 0 saturated carbocycles. The Morgan fingerprint density at radius 2 is 2.25 bits per heavy atom. The molecule has 0 aromatic heterocycles. The van der Waals surface area contributed by atoms with Crippen molar-refractivity contribution in [2.24, 2.45) is 0 Å². The number of rotatable bonds is 1. The summed E-state index contributed by atoms with van der Waals surface area (Å²) in [6.45, 7) is 2.74. The van der Waals surface area contributed by atoms with Crippen LogP contribution in [0.2, 0.25) is 0 Å². The highest BCUT2D eigenvalue weighted by Gasteiger charge is 2.23. The third-order valence-electron chi connectivity index (χ3n) is 2.92. The molecule has 1 aliphatic rings. The molecule has 0 spiro atoms. The summed E-state index contributed by atoms with van der Waals surface area (Å²) in [6, 6.07) is 5.16. The van der Waals surface area contributed by atoms with Gasteiger partial charge in [-0.05, 0) is 41.1 Å². The summed E-state index contributed by atoms with van der Waals surface area (Å²) in [4.78, 5) is 13.4. The van der Waals surface area contributed by atoms with E-state index in [-0.39, 0.29) is 11.9 Å². The predicted molar refractivity (Wildman–Crippen MR) is 65.1 cm³/mol. The van der Waals surface area contributed by atoms with Gasteiger partial charge in [0, 0.05) is 31.1 Å². The highest BCUT2D eigenvalue weighted by atomic mass is 79.9. The molecule has 0 radical (unpaired) electrons. The van der Waals surface area contributed by atoms with Crippen LogP contribution in [0.25, 0.3) is 0 Å². The Bertz CT molecular complexity index is 421. The summed E-state index contributed by atoms with van der Waals surface area (Å²) in [7, 11) is 0. The minimum atomic E-state index is -0.260. The SMILES string of the molecule is CC1CC(=O)CCN1c1ccc(F)c(Br)c1. The summed E-state index contributed by atoms with van der Waals surface area (Å²) in [5, 5.41) is 0. The van der Waals surface area contributed by atoms with Crippen molar-refractivity contribution < 1.29 is 9.18 Å². The summed E-state index contributed by atoms with van der Waals surface area (Å²) in [5.41, 5.74) is 0.966. The summed E-state index contributed by atoms with van der Waals surface area (Å²) < 4.78 is 13.6. The van der Waals surface area contributed by atoms with Gasteiger partial charge < -0.3 is 4.90 Å². The number of hydrogen-bond acceptors (Lipinski definition) is 2. The average Bonchev–Trinajstić information content (AvgIpc) is 2.22. The van der Waals surface area contributed by atoms with Crippen molar-refractivity contribution >= 4 is 27.4 Å². The summed E-state index contributed by atoms with van der Waals surface area (Å²) in [5.74, 6) is 0.0504. The van der Waals surface area contributed by atoms with Gasteiger partial charge >= 0.3 is 0 Å². The third-order valence-corrected chi connectivity index (χ3v) is 3.53. The predicted octanol–water partition coefficient (Wildman–Crippen LogP) is 3.15. The number of anilines is 1. The van der Waals surface area contributed by atoms with E-state index in [4.69, 9.17) is 0 Å². The van der Waals surface area contributed by atoms with Gasteiger partial charge in [-0.2, -0.15) is 0 Å². The first-order valence-corrected chi connectivity index (χ1v) is 6.10. The van der Waals surface area contributed by atoms with Crippen LogP contribution in [0.3, 0.4) is 0 Å². The Balaban J connectivity index is 2.23. The minimum absolute atomic E-state index is 0.193. The standard InChI is InChI=1S/C12H13BrFNO/c1-8-6-10(16)4-5-15(8)9-2-3-12(14)11(13)7-9/h2-3,7-8H,4-6H2,1H3. The fourth-order valence-corrected chi connectivity index (χ4v) is 2.42. The molecule has 1 atom stereocenters. The van der Waals surface area contributed by atoms with E-state index in [9.17, 15) is 9.18 Å². The lowest BCUT2D eigenvalue weighted by atomic mass is 10.0. The average molecular weight is 286 g/mol. The second-order valence-corrected chi connectivity index (χ2v) is 4.99. The topological polar surface area (TPSA) is 20.3 Å². The van der Waals surface area contributed by atoms with Crippen molar-refractivity contribution in [3.63, 3.8) is 0 Å². The van der Waals surface area contributed by atoms with Crippen LogP contribution in [0, 0.1) is 5.82 Å². The van der Waals surface area contributed by atoms with Crippen LogP contribution in [0.15, 0.2) is 22.7 Å². The number of nitrogens with zero attached hydrogens (tertiary/aromatic N) is 1. The molecule has 0 amide bonds. The number of Topliss-reactive ketones (excluding diaryl/α,β-unsaturated/α-hetero) is 1. The van der Waals surface area contributed by atoms with Crippen LogP contribution in [-0.4, -0.2) is 18.4 Å². The normalized spacial score (nSPS) is 21.3.